The van der Waals surface area contributed by atoms with Crippen LogP contribution in [0.4, 0.5) is 13.2 Å². The van der Waals surface area contributed by atoms with Gasteiger partial charge in [-0.05, 0) is 44.1 Å². The van der Waals surface area contributed by atoms with Crippen LogP contribution in [-0.2, 0) is 6.18 Å². The quantitative estimate of drug-likeness (QED) is 0.478. The van der Waals surface area contributed by atoms with Gasteiger partial charge in [0.25, 0.3) is 11.4 Å². The Bertz CT molecular complexity index is 1310. The first-order valence-corrected chi connectivity index (χ1v) is 9.73. The zero-order chi connectivity index (χ0) is 21.6. The standard InChI is InChI=1S/C20H17F3N6O2.ClH/c21-20(22,23)13-3-1-2-12(8-13)18-27-28-19(31-18)14-10-25-29-15(9-16(30)26-17(14)29)11-4-6-24-7-5-11;/h1-3,8-11,24H,4-7H2,(H,26,30);1H. The van der Waals surface area contributed by atoms with Crippen molar-refractivity contribution in [1.29, 1.82) is 0 Å². The first kappa shape index (κ1) is 22.0. The number of rotatable bonds is 3. The summed E-state index contributed by atoms with van der Waals surface area (Å²) in [5.41, 5.74) is 0.661. The van der Waals surface area contributed by atoms with Crippen LogP contribution in [0, 0.1) is 0 Å². The summed E-state index contributed by atoms with van der Waals surface area (Å²) in [6, 6.07) is 6.20. The van der Waals surface area contributed by atoms with Gasteiger partial charge in [-0.15, -0.1) is 22.6 Å². The van der Waals surface area contributed by atoms with Gasteiger partial charge in [0.2, 0.25) is 5.89 Å². The maximum Gasteiger partial charge on any atom is 0.416 e. The van der Waals surface area contributed by atoms with Crippen LogP contribution in [0.3, 0.4) is 0 Å². The number of hydrogen-bond donors (Lipinski definition) is 2. The highest BCUT2D eigenvalue weighted by Gasteiger charge is 2.31. The Labute approximate surface area is 185 Å². The molecule has 0 spiro atoms. The Morgan fingerprint density at radius 3 is 2.59 bits per heavy atom. The third-order valence-electron chi connectivity index (χ3n) is 5.38. The molecule has 1 aliphatic heterocycles. The summed E-state index contributed by atoms with van der Waals surface area (Å²) in [5, 5.41) is 15.5. The van der Waals surface area contributed by atoms with Crippen LogP contribution in [0.25, 0.3) is 28.6 Å². The summed E-state index contributed by atoms with van der Waals surface area (Å²) in [5.74, 6) is 0.181. The maximum atomic E-state index is 13.0. The molecule has 12 heteroatoms. The van der Waals surface area contributed by atoms with E-state index in [0.29, 0.717) is 11.2 Å². The Morgan fingerprint density at radius 2 is 1.84 bits per heavy atom. The third kappa shape index (κ3) is 4.00. The average Bonchev–Trinajstić information content (AvgIpc) is 3.40. The van der Waals surface area contributed by atoms with Crippen molar-refractivity contribution in [1.82, 2.24) is 30.1 Å². The van der Waals surface area contributed by atoms with Crippen LogP contribution in [0.15, 0.2) is 45.7 Å². The van der Waals surface area contributed by atoms with Gasteiger partial charge in [0.15, 0.2) is 0 Å². The van der Waals surface area contributed by atoms with Crippen LogP contribution in [0.2, 0.25) is 0 Å². The molecule has 1 saturated heterocycles. The van der Waals surface area contributed by atoms with Gasteiger partial charge in [-0.2, -0.15) is 18.3 Å². The molecule has 4 aromatic rings. The summed E-state index contributed by atoms with van der Waals surface area (Å²) in [6.45, 7) is 1.72. The number of halogens is 4. The topological polar surface area (TPSA) is 101 Å². The number of nitrogens with zero attached hydrogens (tertiary/aromatic N) is 4. The van der Waals surface area contributed by atoms with Gasteiger partial charge in [0.1, 0.15) is 11.2 Å². The Balaban J connectivity index is 0.00000245. The first-order chi connectivity index (χ1) is 14.9. The van der Waals surface area contributed by atoms with Crippen molar-refractivity contribution >= 4 is 18.1 Å². The van der Waals surface area contributed by atoms with E-state index in [-0.39, 0.29) is 41.2 Å². The van der Waals surface area contributed by atoms with E-state index in [1.165, 1.54) is 18.3 Å². The molecule has 1 aromatic carbocycles. The van der Waals surface area contributed by atoms with Crippen molar-refractivity contribution in [2.45, 2.75) is 24.9 Å². The number of nitrogens with one attached hydrogen (secondary N) is 2. The number of aromatic nitrogens is 5. The van der Waals surface area contributed by atoms with Crippen LogP contribution in [0.1, 0.15) is 30.0 Å². The van der Waals surface area contributed by atoms with Crippen LogP contribution in [-0.4, -0.2) is 37.9 Å². The summed E-state index contributed by atoms with van der Waals surface area (Å²) in [6.07, 6.45) is -1.22. The lowest BCUT2D eigenvalue weighted by molar-refractivity contribution is -0.137. The predicted octanol–water partition coefficient (Wildman–Crippen LogP) is 3.65. The highest BCUT2D eigenvalue weighted by atomic mass is 35.5. The third-order valence-corrected chi connectivity index (χ3v) is 5.38. The van der Waals surface area contributed by atoms with E-state index in [1.54, 1.807) is 10.6 Å². The smallest absolute Gasteiger partial charge is 0.416 e. The highest BCUT2D eigenvalue weighted by Crippen LogP contribution is 2.33. The monoisotopic (exact) mass is 466 g/mol. The molecule has 1 aliphatic rings. The maximum absolute atomic E-state index is 13.0. The van der Waals surface area contributed by atoms with Crippen LogP contribution < -0.4 is 10.9 Å². The van der Waals surface area contributed by atoms with Crippen LogP contribution >= 0.6 is 12.4 Å². The number of piperidine rings is 1. The summed E-state index contributed by atoms with van der Waals surface area (Å²) in [4.78, 5) is 15.0. The number of alkyl halides is 3. The molecular formula is C20H18ClF3N6O2. The molecule has 0 bridgehead atoms. The summed E-state index contributed by atoms with van der Waals surface area (Å²) in [7, 11) is 0. The summed E-state index contributed by atoms with van der Waals surface area (Å²) >= 11 is 0. The van der Waals surface area contributed by atoms with Crippen molar-refractivity contribution < 1.29 is 17.6 Å². The molecule has 0 unspecified atom stereocenters. The molecule has 0 radical (unpaired) electrons. The minimum atomic E-state index is -4.48. The van der Waals surface area contributed by atoms with Crippen LogP contribution in [0.5, 0.6) is 0 Å². The Hall–Kier alpha value is -3.18. The molecule has 5 rings (SSSR count). The van der Waals surface area contributed by atoms with E-state index in [2.05, 4.69) is 25.6 Å². The second-order valence-electron chi connectivity index (χ2n) is 7.39. The average molecular weight is 467 g/mol. The Morgan fingerprint density at radius 1 is 1.09 bits per heavy atom. The molecule has 8 nitrogen and oxygen atoms in total. The number of H-pyrrole nitrogens is 1. The van der Waals surface area contributed by atoms with Gasteiger partial charge in [-0.3, -0.25) is 4.79 Å². The molecule has 168 valence electrons. The number of hydrogen-bond acceptors (Lipinski definition) is 6. The van der Waals surface area contributed by atoms with Gasteiger partial charge in [0, 0.05) is 17.5 Å². The molecule has 4 heterocycles. The fraction of sp³-hybridized carbons (Fsp3) is 0.300. The van der Waals surface area contributed by atoms with E-state index in [4.69, 9.17) is 4.42 Å². The molecular weight excluding hydrogens is 449 g/mol. The fourth-order valence-electron chi connectivity index (χ4n) is 3.85. The molecule has 0 saturated carbocycles. The van der Waals surface area contributed by atoms with E-state index in [0.717, 1.165) is 43.8 Å². The largest absolute Gasteiger partial charge is 0.416 e. The molecule has 0 atom stereocenters. The fourth-order valence-corrected chi connectivity index (χ4v) is 3.85. The van der Waals surface area contributed by atoms with Gasteiger partial charge >= 0.3 is 6.18 Å². The second-order valence-corrected chi connectivity index (χ2v) is 7.39. The molecule has 2 N–H and O–H groups in total. The SMILES string of the molecule is Cl.O=c1cc(C2CCNCC2)n2ncc(-c3nnc(-c4cccc(C(F)(F)F)c4)o3)c2[nH]1. The molecule has 32 heavy (non-hydrogen) atoms. The molecule has 1 fully saturated rings. The zero-order valence-corrected chi connectivity index (χ0v) is 17.3. The first-order valence-electron chi connectivity index (χ1n) is 9.73. The molecule has 0 aliphatic carbocycles. The van der Waals surface area contributed by atoms with Crippen molar-refractivity contribution in [2.24, 2.45) is 0 Å². The van der Waals surface area contributed by atoms with Crippen molar-refractivity contribution in [2.75, 3.05) is 13.1 Å². The number of fused-ring (bicyclic) bond motifs is 1. The molecule has 0 amide bonds. The second kappa shape index (κ2) is 8.40. The van der Waals surface area contributed by atoms with E-state index in [1.807, 2.05) is 0 Å². The zero-order valence-electron chi connectivity index (χ0n) is 16.5. The van der Waals surface area contributed by atoms with Gasteiger partial charge in [0.05, 0.1) is 17.5 Å². The lowest BCUT2D eigenvalue weighted by Crippen LogP contribution is -2.28. The van der Waals surface area contributed by atoms with Crippen molar-refractivity contribution in [3.8, 4) is 22.9 Å². The van der Waals surface area contributed by atoms with Crippen molar-refractivity contribution in [3.63, 3.8) is 0 Å². The highest BCUT2D eigenvalue weighted by molar-refractivity contribution is 5.85. The molecule has 3 aromatic heterocycles. The number of aromatic amines is 1. The van der Waals surface area contributed by atoms with Gasteiger partial charge in [-0.25, -0.2) is 4.52 Å². The van der Waals surface area contributed by atoms with Gasteiger partial charge in [-0.1, -0.05) is 6.07 Å². The normalized spacial score (nSPS) is 15.1. The minimum Gasteiger partial charge on any atom is -0.416 e. The lowest BCUT2D eigenvalue weighted by Gasteiger charge is -2.23. The number of benzene rings is 1. The summed E-state index contributed by atoms with van der Waals surface area (Å²) < 4.78 is 46.3. The lowest BCUT2D eigenvalue weighted by atomic mass is 9.94. The van der Waals surface area contributed by atoms with E-state index >= 15 is 0 Å². The minimum absolute atomic E-state index is 0. The Kier molecular flexibility index (Phi) is 5.78. The predicted molar refractivity (Wildman–Crippen MR) is 112 cm³/mol. The van der Waals surface area contributed by atoms with Crippen molar-refractivity contribution in [3.05, 3.63) is 58.1 Å². The van der Waals surface area contributed by atoms with Gasteiger partial charge < -0.3 is 14.7 Å². The van der Waals surface area contributed by atoms with E-state index in [9.17, 15) is 18.0 Å². The van der Waals surface area contributed by atoms with E-state index < -0.39 is 11.7 Å².